The van der Waals surface area contributed by atoms with Crippen LogP contribution in [0.1, 0.15) is 59.5 Å². The largest absolute Gasteiger partial charge is 0.361 e. The van der Waals surface area contributed by atoms with Crippen molar-refractivity contribution < 1.29 is 14.3 Å². The number of benzene rings is 4. The molecule has 4 aromatic carbocycles. The zero-order valence-corrected chi connectivity index (χ0v) is 43.8. The Morgan fingerprint density at radius 2 is 1.19 bits per heavy atom. The molecule has 0 atom stereocenters. The molecule has 2 amide bonds. The van der Waals surface area contributed by atoms with E-state index in [4.69, 9.17) is 53.1 Å². The summed E-state index contributed by atoms with van der Waals surface area (Å²) < 4.78 is 11.7. The SMILES string of the molecule is CC(C)NC(=O)c1c[nH]c2ncc(-c3nn(Cc4ccccc4)c4cc(Cl)ccc34)nc12.CC(C)NC(=O)c1cn(COCC[Si](C)(C)C)c2ncc(-c3nn(Cc4ccccc4)c4cc(Cl)ccc34)nc12. The van der Waals surface area contributed by atoms with E-state index in [2.05, 4.69) is 64.5 Å². The van der Waals surface area contributed by atoms with E-state index in [0.29, 0.717) is 92.7 Å². The first-order chi connectivity index (χ1) is 34.6. The van der Waals surface area contributed by atoms with Crippen LogP contribution < -0.4 is 10.6 Å². The Morgan fingerprint density at radius 1 is 0.681 bits per heavy atom. The Balaban J connectivity index is 0.000000182. The van der Waals surface area contributed by atoms with Gasteiger partial charge in [-0.2, -0.15) is 10.2 Å². The fraction of sp³-hybridized carbons (Fsp3) is 0.259. The van der Waals surface area contributed by atoms with Gasteiger partial charge in [0.15, 0.2) is 11.3 Å². The molecule has 6 aromatic heterocycles. The number of fused-ring (bicyclic) bond motifs is 4. The molecule has 0 unspecified atom stereocenters. The molecule has 0 saturated carbocycles. The van der Waals surface area contributed by atoms with Crippen LogP contribution in [0.5, 0.6) is 0 Å². The Bertz CT molecular complexity index is 3560. The predicted molar refractivity (Wildman–Crippen MR) is 289 cm³/mol. The van der Waals surface area contributed by atoms with Crippen molar-refractivity contribution in [1.29, 1.82) is 0 Å². The Morgan fingerprint density at radius 3 is 1.72 bits per heavy atom. The molecule has 0 radical (unpaired) electrons. The third kappa shape index (κ3) is 11.3. The summed E-state index contributed by atoms with van der Waals surface area (Å²) in [7, 11) is -1.22. The number of halogens is 2. The number of aromatic nitrogens is 10. The lowest BCUT2D eigenvalue weighted by Crippen LogP contribution is -2.30. The second-order valence-electron chi connectivity index (χ2n) is 19.5. The molecule has 3 N–H and O–H groups in total. The number of H-pyrrole nitrogens is 1. The second kappa shape index (κ2) is 21.2. The molecule has 0 aliphatic heterocycles. The number of hydrogen-bond acceptors (Lipinski definition) is 9. The van der Waals surface area contributed by atoms with Gasteiger partial charge in [-0.05, 0) is 81.3 Å². The molecule has 10 rings (SSSR count). The van der Waals surface area contributed by atoms with E-state index >= 15 is 0 Å². The smallest absolute Gasteiger partial charge is 0.255 e. The van der Waals surface area contributed by atoms with Gasteiger partial charge in [0.1, 0.15) is 40.5 Å². The molecule has 10 aromatic rings. The third-order valence-electron chi connectivity index (χ3n) is 11.8. The first-order valence-electron chi connectivity index (χ1n) is 23.9. The summed E-state index contributed by atoms with van der Waals surface area (Å²) in [6.07, 6.45) is 6.81. The lowest BCUT2D eigenvalue weighted by Gasteiger charge is -2.15. The summed E-state index contributed by atoms with van der Waals surface area (Å²) >= 11 is 12.7. The van der Waals surface area contributed by atoms with Crippen molar-refractivity contribution in [2.75, 3.05) is 6.61 Å². The van der Waals surface area contributed by atoms with Crippen molar-refractivity contribution >= 4 is 87.2 Å². The van der Waals surface area contributed by atoms with Crippen molar-refractivity contribution in [2.45, 2.75) is 85.3 Å². The minimum absolute atomic E-state index is 0.0163. The second-order valence-corrected chi connectivity index (χ2v) is 26.0. The summed E-state index contributed by atoms with van der Waals surface area (Å²) in [6, 6.07) is 32.7. The standard InChI is InChI=1S/C30H35ClN6O2Si.C24H21ClN6O/c1-20(2)33-30(38)24-18-36(19-39-13-14-40(3,4)5)29-28(24)34-25(16-32-29)27-23-12-11-22(31)15-26(23)37(35-27)17-21-9-7-6-8-10-21;1-14(2)28-24(32)18-11-26-23-22(18)29-19(12-27-23)21-17-9-8-16(25)10-20(17)31(30-21)13-15-6-4-3-5-7-15/h6-12,15-16,18,20H,13-14,17,19H2,1-5H3,(H,33,38);3-12,14H,13H2,1-2H3,(H,26,27)(H,28,32). The zero-order valence-electron chi connectivity index (χ0n) is 41.2. The Kier molecular flexibility index (Phi) is 14.7. The molecule has 72 heavy (non-hydrogen) atoms. The first-order valence-corrected chi connectivity index (χ1v) is 28.3. The zero-order chi connectivity index (χ0) is 50.7. The lowest BCUT2D eigenvalue weighted by atomic mass is 10.1. The van der Waals surface area contributed by atoms with E-state index in [1.54, 1.807) is 24.8 Å². The predicted octanol–water partition coefficient (Wildman–Crippen LogP) is 11.4. The van der Waals surface area contributed by atoms with E-state index in [0.717, 1.165) is 39.0 Å². The van der Waals surface area contributed by atoms with Crippen LogP contribution >= 0.6 is 23.2 Å². The number of hydrogen-bond donors (Lipinski definition) is 3. The number of carbonyl (C=O) groups excluding carboxylic acids is 2. The van der Waals surface area contributed by atoms with Crippen LogP contribution in [0.3, 0.4) is 0 Å². The number of rotatable bonds is 15. The van der Waals surface area contributed by atoms with E-state index in [-0.39, 0.29) is 23.9 Å². The summed E-state index contributed by atoms with van der Waals surface area (Å²) in [6.45, 7) is 16.8. The summed E-state index contributed by atoms with van der Waals surface area (Å²) in [5.41, 5.74) is 9.72. The van der Waals surface area contributed by atoms with Crippen molar-refractivity contribution in [3.05, 3.63) is 154 Å². The molecule has 0 aliphatic carbocycles. The van der Waals surface area contributed by atoms with Gasteiger partial charge in [-0.3, -0.25) is 19.0 Å². The highest BCUT2D eigenvalue weighted by Gasteiger charge is 2.23. The molecular weight excluding hydrogens is 964 g/mol. The average Bonchev–Trinajstić information content (AvgIpc) is 4.12. The van der Waals surface area contributed by atoms with Gasteiger partial charge in [0.25, 0.3) is 11.8 Å². The van der Waals surface area contributed by atoms with Gasteiger partial charge in [0.2, 0.25) is 0 Å². The number of carbonyl (C=O) groups is 2. The maximum absolute atomic E-state index is 13.2. The van der Waals surface area contributed by atoms with Crippen molar-refractivity contribution in [3.8, 4) is 22.8 Å². The normalized spacial score (nSPS) is 11.8. The van der Waals surface area contributed by atoms with Gasteiger partial charge in [-0.15, -0.1) is 0 Å². The van der Waals surface area contributed by atoms with Crippen LogP contribution in [0.25, 0.3) is 66.9 Å². The molecule has 0 saturated heterocycles. The van der Waals surface area contributed by atoms with Crippen LogP contribution in [0, 0.1) is 0 Å². The van der Waals surface area contributed by atoms with Gasteiger partial charge in [0.05, 0.1) is 47.6 Å². The van der Waals surface area contributed by atoms with E-state index < -0.39 is 8.07 Å². The fourth-order valence-corrected chi connectivity index (χ4v) is 9.35. The van der Waals surface area contributed by atoms with Gasteiger partial charge in [-0.1, -0.05) is 104 Å². The number of amides is 2. The van der Waals surface area contributed by atoms with Crippen LogP contribution in [0.2, 0.25) is 35.7 Å². The Hall–Kier alpha value is -7.24. The van der Waals surface area contributed by atoms with Gasteiger partial charge in [-0.25, -0.2) is 19.9 Å². The number of nitrogens with one attached hydrogen (secondary N) is 3. The van der Waals surface area contributed by atoms with E-state index in [1.165, 1.54) is 0 Å². The molecular formula is C54H56Cl2N12O3Si. The van der Waals surface area contributed by atoms with Gasteiger partial charge in [0, 0.05) is 60.0 Å². The van der Waals surface area contributed by atoms with Crippen molar-refractivity contribution in [1.82, 2.24) is 59.7 Å². The quantitative estimate of drug-likeness (QED) is 0.0666. The molecule has 0 bridgehead atoms. The van der Waals surface area contributed by atoms with Crippen LogP contribution in [0.4, 0.5) is 0 Å². The average molecular weight is 1020 g/mol. The highest BCUT2D eigenvalue weighted by atomic mass is 35.5. The Labute approximate surface area is 428 Å². The summed E-state index contributed by atoms with van der Waals surface area (Å²) in [5, 5.41) is 18.8. The minimum Gasteiger partial charge on any atom is -0.361 e. The lowest BCUT2D eigenvalue weighted by molar-refractivity contribution is 0.0890. The number of ether oxygens (including phenoxy) is 1. The van der Waals surface area contributed by atoms with Crippen molar-refractivity contribution in [3.63, 3.8) is 0 Å². The maximum Gasteiger partial charge on any atom is 0.255 e. The van der Waals surface area contributed by atoms with Gasteiger partial charge < -0.3 is 24.9 Å². The topological polar surface area (TPSA) is 175 Å². The molecule has 0 aliphatic rings. The minimum atomic E-state index is -1.22. The van der Waals surface area contributed by atoms with E-state index in [1.807, 2.05) is 114 Å². The van der Waals surface area contributed by atoms with Gasteiger partial charge >= 0.3 is 0 Å². The molecule has 0 fully saturated rings. The highest BCUT2D eigenvalue weighted by Crippen LogP contribution is 2.33. The van der Waals surface area contributed by atoms with Crippen LogP contribution in [0.15, 0.2) is 122 Å². The first kappa shape index (κ1) is 49.7. The number of nitrogens with zero attached hydrogens (tertiary/aromatic N) is 9. The monoisotopic (exact) mass is 1020 g/mol. The molecule has 15 nitrogen and oxygen atoms in total. The number of aromatic amines is 1. The molecule has 6 heterocycles. The molecule has 368 valence electrons. The summed E-state index contributed by atoms with van der Waals surface area (Å²) in [4.78, 5) is 47.8. The highest BCUT2D eigenvalue weighted by molar-refractivity contribution is 6.76. The fourth-order valence-electron chi connectivity index (χ4n) is 8.26. The third-order valence-corrected chi connectivity index (χ3v) is 13.9. The van der Waals surface area contributed by atoms with Crippen LogP contribution in [-0.2, 0) is 24.6 Å². The molecule has 0 spiro atoms. The van der Waals surface area contributed by atoms with E-state index in [9.17, 15) is 9.59 Å². The molecule has 18 heteroatoms. The van der Waals surface area contributed by atoms with Crippen LogP contribution in [-0.4, -0.2) is 87.6 Å². The van der Waals surface area contributed by atoms with Crippen molar-refractivity contribution in [2.24, 2.45) is 0 Å². The maximum atomic E-state index is 13.2. The summed E-state index contributed by atoms with van der Waals surface area (Å²) in [5.74, 6) is -0.387.